The van der Waals surface area contributed by atoms with Crippen LogP contribution in [0.5, 0.6) is 0 Å². The Hall–Kier alpha value is -1.82. The monoisotopic (exact) mass is 360 g/mol. The summed E-state index contributed by atoms with van der Waals surface area (Å²) in [6, 6.07) is 8.44. The largest absolute Gasteiger partial charge is 0.461 e. The van der Waals surface area contributed by atoms with E-state index >= 15 is 0 Å². The predicted octanol–water partition coefficient (Wildman–Crippen LogP) is 2.89. The van der Waals surface area contributed by atoms with E-state index in [1.165, 1.54) is 5.56 Å². The van der Waals surface area contributed by atoms with Gasteiger partial charge in [0, 0.05) is 55.9 Å². The Balaban J connectivity index is 1.79. The summed E-state index contributed by atoms with van der Waals surface area (Å²) >= 11 is 1.83. The Bertz CT molecular complexity index is 666. The topological polar surface area (TPSA) is 59.0 Å². The van der Waals surface area contributed by atoms with Crippen molar-refractivity contribution in [2.75, 3.05) is 31.3 Å². The molecule has 1 aromatic rings. The number of rotatable bonds is 3. The average Bonchev–Trinajstić information content (AvgIpc) is 2.80. The molecule has 0 amide bonds. The van der Waals surface area contributed by atoms with Crippen molar-refractivity contribution in [2.45, 2.75) is 31.1 Å². The molecule has 2 heterocycles. The van der Waals surface area contributed by atoms with Gasteiger partial charge >= 0.3 is 5.97 Å². The Labute approximate surface area is 152 Å². The molecule has 25 heavy (non-hydrogen) atoms. The minimum atomic E-state index is -0.807. The van der Waals surface area contributed by atoms with Crippen LogP contribution in [0.25, 0.3) is 0 Å². The van der Waals surface area contributed by atoms with Gasteiger partial charge in [0.1, 0.15) is 6.10 Å². The van der Waals surface area contributed by atoms with E-state index < -0.39 is 11.9 Å². The Kier molecular flexibility index (Phi) is 5.47. The third-order valence-electron chi connectivity index (χ3n) is 4.60. The maximum absolute atomic E-state index is 12.4. The van der Waals surface area contributed by atoms with Crippen molar-refractivity contribution < 1.29 is 14.3 Å². The Morgan fingerprint density at radius 2 is 1.88 bits per heavy atom. The van der Waals surface area contributed by atoms with E-state index in [0.29, 0.717) is 18.7 Å². The molecule has 1 aromatic carbocycles. The van der Waals surface area contributed by atoms with Gasteiger partial charge in [-0.15, -0.1) is 0 Å². The van der Waals surface area contributed by atoms with E-state index in [9.17, 15) is 9.59 Å². The fraction of sp³-hybridized carbons (Fsp3) is 0.526. The van der Waals surface area contributed by atoms with Crippen molar-refractivity contribution in [3.63, 3.8) is 0 Å². The summed E-state index contributed by atoms with van der Waals surface area (Å²) < 4.78 is 5.29. The van der Waals surface area contributed by atoms with Crippen LogP contribution in [-0.4, -0.2) is 50.0 Å². The molecule has 0 spiro atoms. The van der Waals surface area contributed by atoms with Crippen LogP contribution < -0.4 is 4.90 Å². The van der Waals surface area contributed by atoms with E-state index in [0.717, 1.165) is 11.4 Å². The fourth-order valence-electron chi connectivity index (χ4n) is 3.27. The summed E-state index contributed by atoms with van der Waals surface area (Å²) in [5, 5.41) is 0.206. The minimum absolute atomic E-state index is 0.0592. The van der Waals surface area contributed by atoms with Gasteiger partial charge in [-0.25, -0.2) is 0 Å². The molecule has 0 saturated carbocycles. The summed E-state index contributed by atoms with van der Waals surface area (Å²) in [5.41, 5.74) is 3.04. The molecule has 3 rings (SSSR count). The van der Waals surface area contributed by atoms with Crippen LogP contribution >= 0.6 is 11.8 Å². The molecule has 0 bridgehead atoms. The van der Waals surface area contributed by atoms with E-state index in [2.05, 4.69) is 34.2 Å². The van der Waals surface area contributed by atoms with Crippen LogP contribution in [0.2, 0.25) is 0 Å². The normalized spacial score (nSPS) is 27.3. The zero-order valence-electron chi connectivity index (χ0n) is 14.9. The second kappa shape index (κ2) is 7.60. The van der Waals surface area contributed by atoms with Gasteiger partial charge in [0.05, 0.1) is 0 Å². The van der Waals surface area contributed by atoms with Crippen LogP contribution in [0, 0.1) is 5.92 Å². The van der Waals surface area contributed by atoms with Gasteiger partial charge in [0.15, 0.2) is 11.7 Å². The van der Waals surface area contributed by atoms with E-state index in [4.69, 9.17) is 4.74 Å². The summed E-state index contributed by atoms with van der Waals surface area (Å²) in [5.74, 6) is -0.415. The van der Waals surface area contributed by atoms with Gasteiger partial charge in [-0.3, -0.25) is 14.6 Å². The highest BCUT2D eigenvalue weighted by atomic mass is 32.2. The highest BCUT2D eigenvalue weighted by molar-refractivity contribution is 7.99. The lowest BCUT2D eigenvalue weighted by Crippen LogP contribution is -2.41. The van der Waals surface area contributed by atoms with E-state index in [1.807, 2.05) is 25.9 Å². The quantitative estimate of drug-likeness (QED) is 0.613. The molecule has 3 unspecified atom stereocenters. The van der Waals surface area contributed by atoms with Gasteiger partial charge in [0.2, 0.25) is 0 Å². The number of hydrogen-bond acceptors (Lipinski definition) is 6. The number of thioether (sulfide) groups is 1. The van der Waals surface area contributed by atoms with Crippen molar-refractivity contribution in [3.8, 4) is 0 Å². The first-order valence-corrected chi connectivity index (χ1v) is 9.66. The van der Waals surface area contributed by atoms with Crippen molar-refractivity contribution in [1.82, 2.24) is 0 Å². The van der Waals surface area contributed by atoms with E-state index in [1.54, 1.807) is 6.92 Å². The maximum atomic E-state index is 12.4. The number of anilines is 1. The Morgan fingerprint density at radius 1 is 1.16 bits per heavy atom. The molecule has 0 N–H and O–H groups in total. The number of hydrogen-bond donors (Lipinski definition) is 0. The van der Waals surface area contributed by atoms with Crippen molar-refractivity contribution in [2.24, 2.45) is 10.9 Å². The standard InChI is InChI=1S/C19H24N2O3S/c1-12-10-16(22)18(19(23)24-12)15-11-17(25-9-8-20-15)13-4-6-14(7-5-13)21(2)3/h4-7,12,17-18H,8-11H2,1-3H3. The number of esters is 1. The molecule has 0 radical (unpaired) electrons. The van der Waals surface area contributed by atoms with Gasteiger partial charge < -0.3 is 9.64 Å². The summed E-state index contributed by atoms with van der Waals surface area (Å²) in [6.45, 7) is 2.39. The first-order valence-electron chi connectivity index (χ1n) is 8.61. The summed E-state index contributed by atoms with van der Waals surface area (Å²) in [6.07, 6.45) is 0.572. The van der Waals surface area contributed by atoms with Crippen LogP contribution in [-0.2, 0) is 14.3 Å². The molecule has 3 atom stereocenters. The van der Waals surface area contributed by atoms with Crippen molar-refractivity contribution >= 4 is 34.9 Å². The van der Waals surface area contributed by atoms with E-state index in [-0.39, 0.29) is 23.6 Å². The lowest BCUT2D eigenvalue weighted by atomic mass is 9.88. The number of ether oxygens (including phenoxy) is 1. The lowest BCUT2D eigenvalue weighted by molar-refractivity contribution is -0.160. The number of ketones is 1. The molecular formula is C19H24N2O3S. The number of nitrogens with zero attached hydrogens (tertiary/aromatic N) is 2. The highest BCUT2D eigenvalue weighted by Crippen LogP contribution is 2.37. The molecule has 0 aliphatic carbocycles. The van der Waals surface area contributed by atoms with Gasteiger partial charge in [-0.2, -0.15) is 11.8 Å². The summed E-state index contributed by atoms with van der Waals surface area (Å²) in [7, 11) is 4.03. The van der Waals surface area contributed by atoms with Crippen LogP contribution in [0.3, 0.4) is 0 Å². The fourth-order valence-corrected chi connectivity index (χ4v) is 4.39. The van der Waals surface area contributed by atoms with Crippen LogP contribution in [0.1, 0.15) is 30.6 Å². The highest BCUT2D eigenvalue weighted by Gasteiger charge is 2.40. The zero-order valence-corrected chi connectivity index (χ0v) is 15.7. The van der Waals surface area contributed by atoms with Gasteiger partial charge in [-0.1, -0.05) is 12.1 Å². The third-order valence-corrected chi connectivity index (χ3v) is 5.86. The zero-order chi connectivity index (χ0) is 18.0. The third kappa shape index (κ3) is 4.06. The molecule has 0 aromatic heterocycles. The predicted molar refractivity (Wildman–Crippen MR) is 102 cm³/mol. The SMILES string of the molecule is CC1CC(=O)C(C2=NCCSC(c3ccc(N(C)C)cc3)C2)C(=O)O1. The van der Waals surface area contributed by atoms with Crippen LogP contribution in [0.4, 0.5) is 5.69 Å². The first kappa shape index (κ1) is 18.0. The van der Waals surface area contributed by atoms with Crippen molar-refractivity contribution in [3.05, 3.63) is 29.8 Å². The lowest BCUT2D eigenvalue weighted by Gasteiger charge is -2.26. The molecule has 134 valence electrons. The average molecular weight is 360 g/mol. The molecule has 1 fully saturated rings. The second-order valence-electron chi connectivity index (χ2n) is 6.77. The molecule has 5 nitrogen and oxygen atoms in total. The molecule has 1 saturated heterocycles. The summed E-state index contributed by atoms with van der Waals surface area (Å²) in [4.78, 5) is 31.3. The maximum Gasteiger partial charge on any atom is 0.322 e. The number of aliphatic imine (C=N–C) groups is 1. The molecule has 2 aliphatic heterocycles. The smallest absolute Gasteiger partial charge is 0.322 e. The number of cyclic esters (lactones) is 1. The number of carbonyl (C=O) groups excluding carboxylic acids is 2. The molecule has 2 aliphatic rings. The number of benzene rings is 1. The number of Topliss-reactive ketones (excluding diaryl/α,β-unsaturated/α-hetero) is 1. The second-order valence-corrected chi connectivity index (χ2v) is 8.08. The Morgan fingerprint density at radius 3 is 2.52 bits per heavy atom. The molecular weight excluding hydrogens is 336 g/mol. The number of carbonyl (C=O) groups is 2. The molecule has 6 heteroatoms. The minimum Gasteiger partial charge on any atom is -0.461 e. The van der Waals surface area contributed by atoms with Crippen molar-refractivity contribution in [1.29, 1.82) is 0 Å². The van der Waals surface area contributed by atoms with Gasteiger partial charge in [-0.05, 0) is 24.6 Å². The first-order chi connectivity index (χ1) is 12.0. The van der Waals surface area contributed by atoms with Gasteiger partial charge in [0.25, 0.3) is 0 Å². The van der Waals surface area contributed by atoms with Crippen LogP contribution in [0.15, 0.2) is 29.3 Å².